The number of aromatic nitrogens is 1. The van der Waals surface area contributed by atoms with Gasteiger partial charge in [-0.2, -0.15) is 0 Å². The summed E-state index contributed by atoms with van der Waals surface area (Å²) in [5, 5.41) is 0. The van der Waals surface area contributed by atoms with Crippen LogP contribution in [-0.2, 0) is 6.42 Å². The third kappa shape index (κ3) is 3.08. The van der Waals surface area contributed by atoms with Gasteiger partial charge in [0.25, 0.3) is 0 Å². The van der Waals surface area contributed by atoms with Gasteiger partial charge < -0.3 is 9.32 Å². The summed E-state index contributed by atoms with van der Waals surface area (Å²) in [5.41, 5.74) is 2.02. The zero-order valence-electron chi connectivity index (χ0n) is 13.3. The van der Waals surface area contributed by atoms with Crippen molar-refractivity contribution in [1.29, 1.82) is 0 Å². The minimum absolute atomic E-state index is 0.244. The molecule has 1 unspecified atom stereocenters. The number of pyridine rings is 1. The van der Waals surface area contributed by atoms with Crippen molar-refractivity contribution in [2.45, 2.75) is 31.6 Å². The van der Waals surface area contributed by atoms with E-state index in [2.05, 4.69) is 22.0 Å². The Kier molecular flexibility index (Phi) is 4.00. The normalized spacial score (nSPS) is 23.0. The number of nitrogens with zero attached hydrogens (tertiary/aromatic N) is 2. The van der Waals surface area contributed by atoms with Crippen molar-refractivity contribution in [2.24, 2.45) is 5.92 Å². The summed E-state index contributed by atoms with van der Waals surface area (Å²) in [6.07, 6.45) is 7.40. The van der Waals surface area contributed by atoms with E-state index in [1.807, 2.05) is 18.3 Å². The molecule has 0 bridgehead atoms. The summed E-state index contributed by atoms with van der Waals surface area (Å²) in [6.45, 7) is 3.19. The lowest BCUT2D eigenvalue weighted by atomic mass is 9.86. The Hall–Kier alpha value is -1.94. The maximum atomic E-state index is 12.1. The Morgan fingerprint density at radius 1 is 1.17 bits per heavy atom. The molecule has 0 amide bonds. The topological polar surface area (TPSA) is 46.3 Å². The Morgan fingerprint density at radius 2 is 2.04 bits per heavy atom. The van der Waals surface area contributed by atoms with Crippen LogP contribution < -0.4 is 0 Å². The quantitative estimate of drug-likeness (QED) is 0.872. The Labute approximate surface area is 136 Å². The summed E-state index contributed by atoms with van der Waals surface area (Å²) in [6, 6.07) is 8.00. The summed E-state index contributed by atoms with van der Waals surface area (Å²) in [5.74, 6) is 2.10. The molecule has 23 heavy (non-hydrogen) atoms. The zero-order valence-corrected chi connectivity index (χ0v) is 13.3. The number of furan rings is 1. The molecule has 0 N–H and O–H groups in total. The fourth-order valence-electron chi connectivity index (χ4n) is 3.98. The number of carbonyl (C=O) groups is 1. The summed E-state index contributed by atoms with van der Waals surface area (Å²) >= 11 is 0. The lowest BCUT2D eigenvalue weighted by molar-refractivity contribution is 0.0914. The van der Waals surface area contributed by atoms with E-state index >= 15 is 0 Å². The largest absolute Gasteiger partial charge is 0.469 e. The molecule has 4 nitrogen and oxygen atoms in total. The van der Waals surface area contributed by atoms with Gasteiger partial charge in [0.15, 0.2) is 5.78 Å². The molecule has 0 aromatic carbocycles. The first-order valence-corrected chi connectivity index (χ1v) is 8.52. The van der Waals surface area contributed by atoms with E-state index in [0.29, 0.717) is 18.3 Å². The van der Waals surface area contributed by atoms with Crippen molar-refractivity contribution >= 4 is 5.78 Å². The second-order valence-corrected chi connectivity index (χ2v) is 6.78. The SMILES string of the molecule is O=C1CC(CN2CCC(c3ccccn3)CC2)Cc2occc21. The van der Waals surface area contributed by atoms with E-state index in [0.717, 1.165) is 50.2 Å². The number of hydrogen-bond donors (Lipinski definition) is 0. The van der Waals surface area contributed by atoms with E-state index in [1.54, 1.807) is 6.26 Å². The number of carbonyl (C=O) groups excluding carboxylic acids is 1. The second kappa shape index (κ2) is 6.28. The van der Waals surface area contributed by atoms with E-state index < -0.39 is 0 Å². The maximum Gasteiger partial charge on any atom is 0.166 e. The third-order valence-corrected chi connectivity index (χ3v) is 5.20. The molecule has 1 fully saturated rings. The molecule has 1 aliphatic carbocycles. The predicted molar refractivity (Wildman–Crippen MR) is 87.5 cm³/mol. The van der Waals surface area contributed by atoms with Gasteiger partial charge in [-0.1, -0.05) is 6.07 Å². The van der Waals surface area contributed by atoms with Crippen LogP contribution in [0.4, 0.5) is 0 Å². The molecule has 2 aromatic heterocycles. The molecule has 4 heteroatoms. The highest BCUT2D eigenvalue weighted by molar-refractivity contribution is 5.98. The minimum atomic E-state index is 0.244. The maximum absolute atomic E-state index is 12.1. The van der Waals surface area contributed by atoms with Gasteiger partial charge >= 0.3 is 0 Å². The molecule has 0 spiro atoms. The highest BCUT2D eigenvalue weighted by Gasteiger charge is 2.30. The van der Waals surface area contributed by atoms with E-state index in [4.69, 9.17) is 4.42 Å². The Morgan fingerprint density at radius 3 is 2.83 bits per heavy atom. The Bertz CT molecular complexity index is 672. The van der Waals surface area contributed by atoms with Crippen LogP contribution >= 0.6 is 0 Å². The van der Waals surface area contributed by atoms with Gasteiger partial charge in [-0.15, -0.1) is 0 Å². The molecule has 4 rings (SSSR count). The number of ketones is 1. The van der Waals surface area contributed by atoms with Crippen LogP contribution in [0.1, 0.15) is 47.0 Å². The molecule has 3 heterocycles. The fraction of sp³-hybridized carbons (Fsp3) is 0.474. The number of hydrogen-bond acceptors (Lipinski definition) is 4. The molecule has 0 radical (unpaired) electrons. The molecule has 2 aliphatic rings. The van der Waals surface area contributed by atoms with Crippen molar-refractivity contribution in [3.05, 3.63) is 53.7 Å². The lowest BCUT2D eigenvalue weighted by Crippen LogP contribution is -2.38. The van der Waals surface area contributed by atoms with Gasteiger partial charge in [-0.05, 0) is 50.0 Å². The molecule has 2 aromatic rings. The zero-order chi connectivity index (χ0) is 15.6. The van der Waals surface area contributed by atoms with Crippen molar-refractivity contribution < 1.29 is 9.21 Å². The average molecular weight is 310 g/mol. The van der Waals surface area contributed by atoms with Gasteiger partial charge in [0.2, 0.25) is 0 Å². The van der Waals surface area contributed by atoms with Gasteiger partial charge in [0.05, 0.1) is 11.8 Å². The monoisotopic (exact) mass is 310 g/mol. The fourth-order valence-corrected chi connectivity index (χ4v) is 3.98. The van der Waals surface area contributed by atoms with E-state index in [1.165, 1.54) is 5.69 Å². The van der Waals surface area contributed by atoms with Crippen molar-refractivity contribution in [2.75, 3.05) is 19.6 Å². The van der Waals surface area contributed by atoms with Crippen LogP contribution in [0.15, 0.2) is 41.1 Å². The smallest absolute Gasteiger partial charge is 0.166 e. The van der Waals surface area contributed by atoms with Crippen LogP contribution in [0.25, 0.3) is 0 Å². The van der Waals surface area contributed by atoms with Crippen molar-refractivity contribution in [3.63, 3.8) is 0 Å². The number of fused-ring (bicyclic) bond motifs is 1. The summed E-state index contributed by atoms with van der Waals surface area (Å²) in [7, 11) is 0. The van der Waals surface area contributed by atoms with Gasteiger partial charge in [-0.3, -0.25) is 9.78 Å². The molecular weight excluding hydrogens is 288 g/mol. The average Bonchev–Trinajstić information content (AvgIpc) is 3.05. The first-order chi connectivity index (χ1) is 11.3. The highest BCUT2D eigenvalue weighted by Crippen LogP contribution is 2.30. The molecule has 1 aliphatic heterocycles. The lowest BCUT2D eigenvalue weighted by Gasteiger charge is -2.34. The summed E-state index contributed by atoms with van der Waals surface area (Å²) < 4.78 is 5.47. The van der Waals surface area contributed by atoms with Crippen LogP contribution in [0, 0.1) is 5.92 Å². The van der Waals surface area contributed by atoms with Crippen molar-refractivity contribution in [1.82, 2.24) is 9.88 Å². The summed E-state index contributed by atoms with van der Waals surface area (Å²) in [4.78, 5) is 19.2. The standard InChI is InChI=1S/C19H22N2O2/c22-18-11-14(12-19-16(18)6-10-23-19)13-21-8-4-15(5-9-21)17-3-1-2-7-20-17/h1-3,6-7,10,14-15H,4-5,8-9,11-13H2. The predicted octanol–water partition coefficient (Wildman–Crippen LogP) is 3.30. The van der Waals surface area contributed by atoms with Crippen LogP contribution in [0.2, 0.25) is 0 Å². The van der Waals surface area contributed by atoms with Crippen LogP contribution in [0.3, 0.4) is 0 Å². The highest BCUT2D eigenvalue weighted by atomic mass is 16.3. The van der Waals surface area contributed by atoms with E-state index in [9.17, 15) is 4.79 Å². The van der Waals surface area contributed by atoms with Gasteiger partial charge in [0, 0.05) is 37.2 Å². The molecule has 120 valence electrons. The van der Waals surface area contributed by atoms with Crippen LogP contribution in [0.5, 0.6) is 0 Å². The third-order valence-electron chi connectivity index (χ3n) is 5.20. The molecule has 0 saturated carbocycles. The van der Waals surface area contributed by atoms with Crippen LogP contribution in [-0.4, -0.2) is 35.3 Å². The molecule has 1 saturated heterocycles. The Balaban J connectivity index is 1.33. The minimum Gasteiger partial charge on any atom is -0.469 e. The number of Topliss-reactive ketones (excluding diaryl/α,β-unsaturated/α-hetero) is 1. The molecule has 1 atom stereocenters. The van der Waals surface area contributed by atoms with Crippen molar-refractivity contribution in [3.8, 4) is 0 Å². The van der Waals surface area contributed by atoms with Gasteiger partial charge in [0.1, 0.15) is 5.76 Å². The number of piperidine rings is 1. The number of rotatable bonds is 3. The van der Waals surface area contributed by atoms with E-state index in [-0.39, 0.29) is 5.78 Å². The first kappa shape index (κ1) is 14.6. The number of likely N-dealkylation sites (tertiary alicyclic amines) is 1. The van der Waals surface area contributed by atoms with Gasteiger partial charge in [-0.25, -0.2) is 0 Å². The first-order valence-electron chi connectivity index (χ1n) is 8.52. The molecular formula is C19H22N2O2. The second-order valence-electron chi connectivity index (χ2n) is 6.78.